The molecule has 0 spiro atoms. The first-order chi connectivity index (χ1) is 9.52. The number of hydrogen-bond donors (Lipinski definition) is 3. The van der Waals surface area contributed by atoms with Crippen LogP contribution >= 0.6 is 0 Å². The molecule has 2 heterocycles. The van der Waals surface area contributed by atoms with Crippen molar-refractivity contribution in [3.05, 3.63) is 38.9 Å². The molecule has 0 aliphatic carbocycles. The zero-order valence-electron chi connectivity index (χ0n) is 11.6. The Kier molecular flexibility index (Phi) is 3.10. The van der Waals surface area contributed by atoms with Crippen LogP contribution in [0.3, 0.4) is 0 Å². The van der Waals surface area contributed by atoms with Gasteiger partial charge in [0.25, 0.3) is 0 Å². The molecule has 0 saturated carbocycles. The van der Waals surface area contributed by atoms with Gasteiger partial charge in [-0.3, -0.25) is 9.59 Å². The van der Waals surface area contributed by atoms with Crippen LogP contribution in [0.5, 0.6) is 0 Å². The highest BCUT2D eigenvalue weighted by molar-refractivity contribution is 5.78. The number of fused-ring (bicyclic) bond motifs is 1. The molecule has 1 aliphatic rings. The Bertz CT molecular complexity index is 739. The molecule has 20 heavy (non-hydrogen) atoms. The van der Waals surface area contributed by atoms with Crippen LogP contribution in [0.2, 0.25) is 0 Å². The van der Waals surface area contributed by atoms with Crippen LogP contribution in [0.1, 0.15) is 13.3 Å². The lowest BCUT2D eigenvalue weighted by molar-refractivity contribution is 0.330. The molecule has 3 N–H and O–H groups in total. The van der Waals surface area contributed by atoms with Crippen LogP contribution < -0.4 is 16.4 Å². The van der Waals surface area contributed by atoms with E-state index in [0.717, 1.165) is 18.7 Å². The number of hydrogen-bond acceptors (Lipinski definition) is 4. The van der Waals surface area contributed by atoms with Crippen LogP contribution in [0.25, 0.3) is 11.0 Å². The molecule has 2 atom stereocenters. The molecule has 1 aromatic heterocycles. The monoisotopic (exact) mass is 274 g/mol. The second-order valence-corrected chi connectivity index (χ2v) is 5.53. The predicted octanol–water partition coefficient (Wildman–Crippen LogP) is 0.721. The summed E-state index contributed by atoms with van der Waals surface area (Å²) in [6, 6.07) is 6.55. The molecule has 1 aliphatic heterocycles. The van der Waals surface area contributed by atoms with Gasteiger partial charge in [0.2, 0.25) is 0 Å². The third-order valence-corrected chi connectivity index (χ3v) is 3.98. The molecular weight excluding hydrogens is 256 g/mol. The minimum atomic E-state index is -0.621. The SMILES string of the molecule is CC1CC(Nc2ccc3[nH]c(=O)c(=O)[nH]c3c2)CN1C. The van der Waals surface area contributed by atoms with E-state index in [9.17, 15) is 9.59 Å². The van der Waals surface area contributed by atoms with Crippen molar-refractivity contribution in [3.63, 3.8) is 0 Å². The number of likely N-dealkylation sites (tertiary alicyclic amines) is 1. The van der Waals surface area contributed by atoms with Gasteiger partial charge in [-0.1, -0.05) is 0 Å². The molecule has 0 amide bonds. The third kappa shape index (κ3) is 2.34. The van der Waals surface area contributed by atoms with Gasteiger partial charge in [0, 0.05) is 24.3 Å². The fourth-order valence-corrected chi connectivity index (χ4v) is 2.74. The molecule has 1 fully saturated rings. The minimum Gasteiger partial charge on any atom is -0.381 e. The minimum absolute atomic E-state index is 0.405. The lowest BCUT2D eigenvalue weighted by atomic mass is 10.1. The number of H-pyrrole nitrogens is 2. The standard InChI is InChI=1S/C14H18N4O2/c1-8-5-10(7-18(8)2)15-9-3-4-11-12(6-9)17-14(20)13(19)16-11/h3-4,6,8,10,15H,5,7H2,1-2H3,(H,16,19)(H,17,20). The summed E-state index contributed by atoms with van der Waals surface area (Å²) in [4.78, 5) is 30.1. The Morgan fingerprint density at radius 1 is 1.20 bits per heavy atom. The highest BCUT2D eigenvalue weighted by Gasteiger charge is 2.25. The van der Waals surface area contributed by atoms with Crippen LogP contribution in [-0.2, 0) is 0 Å². The predicted molar refractivity (Wildman–Crippen MR) is 79.3 cm³/mol. The maximum absolute atomic E-state index is 11.3. The van der Waals surface area contributed by atoms with Gasteiger partial charge in [-0.05, 0) is 38.6 Å². The highest BCUT2D eigenvalue weighted by atomic mass is 16.2. The lowest BCUT2D eigenvalue weighted by Crippen LogP contribution is -2.29. The number of likely N-dealkylation sites (N-methyl/N-ethyl adjacent to an activating group) is 1. The average molecular weight is 274 g/mol. The van der Waals surface area contributed by atoms with Gasteiger partial charge in [0.1, 0.15) is 0 Å². The summed E-state index contributed by atoms with van der Waals surface area (Å²) >= 11 is 0. The van der Waals surface area contributed by atoms with E-state index >= 15 is 0 Å². The van der Waals surface area contributed by atoms with Crippen molar-refractivity contribution in [2.24, 2.45) is 0 Å². The van der Waals surface area contributed by atoms with E-state index in [1.54, 1.807) is 6.07 Å². The van der Waals surface area contributed by atoms with E-state index in [0.29, 0.717) is 23.1 Å². The van der Waals surface area contributed by atoms with Gasteiger partial charge in [-0.15, -0.1) is 0 Å². The molecule has 1 saturated heterocycles. The summed E-state index contributed by atoms with van der Waals surface area (Å²) in [6.07, 6.45) is 1.09. The molecule has 0 bridgehead atoms. The molecule has 1 aromatic carbocycles. The zero-order valence-corrected chi connectivity index (χ0v) is 11.6. The van der Waals surface area contributed by atoms with Crippen molar-refractivity contribution < 1.29 is 0 Å². The number of rotatable bonds is 2. The molecule has 106 valence electrons. The van der Waals surface area contributed by atoms with Gasteiger partial charge in [0.15, 0.2) is 0 Å². The van der Waals surface area contributed by atoms with E-state index in [-0.39, 0.29) is 0 Å². The highest BCUT2D eigenvalue weighted by Crippen LogP contribution is 2.21. The van der Waals surface area contributed by atoms with E-state index in [2.05, 4.69) is 34.2 Å². The second-order valence-electron chi connectivity index (χ2n) is 5.53. The Morgan fingerprint density at radius 2 is 1.90 bits per heavy atom. The summed E-state index contributed by atoms with van der Waals surface area (Å²) in [6.45, 7) is 3.21. The first-order valence-corrected chi connectivity index (χ1v) is 6.76. The molecule has 3 rings (SSSR count). The lowest BCUT2D eigenvalue weighted by Gasteiger charge is -2.14. The summed E-state index contributed by atoms with van der Waals surface area (Å²) < 4.78 is 0. The van der Waals surface area contributed by atoms with Crippen molar-refractivity contribution >= 4 is 16.7 Å². The normalized spacial score (nSPS) is 23.3. The average Bonchev–Trinajstić information content (AvgIpc) is 2.70. The quantitative estimate of drug-likeness (QED) is 0.705. The van der Waals surface area contributed by atoms with Gasteiger partial charge in [-0.2, -0.15) is 0 Å². The fraction of sp³-hybridized carbons (Fsp3) is 0.429. The van der Waals surface area contributed by atoms with Crippen molar-refractivity contribution in [1.82, 2.24) is 14.9 Å². The molecule has 6 nitrogen and oxygen atoms in total. The summed E-state index contributed by atoms with van der Waals surface area (Å²) in [5.41, 5.74) is 0.983. The maximum Gasteiger partial charge on any atom is 0.314 e. The number of aromatic nitrogens is 2. The molecule has 2 aromatic rings. The number of nitrogens with zero attached hydrogens (tertiary/aromatic N) is 1. The smallest absolute Gasteiger partial charge is 0.314 e. The summed E-state index contributed by atoms with van der Waals surface area (Å²) in [5.74, 6) is 0. The van der Waals surface area contributed by atoms with Crippen LogP contribution in [0, 0.1) is 0 Å². The Labute approximate surface area is 115 Å². The van der Waals surface area contributed by atoms with Gasteiger partial charge in [0.05, 0.1) is 11.0 Å². The first-order valence-electron chi connectivity index (χ1n) is 6.76. The third-order valence-electron chi connectivity index (χ3n) is 3.98. The summed E-state index contributed by atoms with van der Waals surface area (Å²) in [7, 11) is 2.12. The molecule has 2 unspecified atom stereocenters. The van der Waals surface area contributed by atoms with E-state index in [1.165, 1.54) is 0 Å². The van der Waals surface area contributed by atoms with Crippen molar-refractivity contribution in [1.29, 1.82) is 0 Å². The molecular formula is C14H18N4O2. The Balaban J connectivity index is 1.88. The van der Waals surface area contributed by atoms with Crippen LogP contribution in [0.4, 0.5) is 5.69 Å². The second kappa shape index (κ2) is 4.79. The fourth-order valence-electron chi connectivity index (χ4n) is 2.74. The van der Waals surface area contributed by atoms with Gasteiger partial charge < -0.3 is 20.2 Å². The topological polar surface area (TPSA) is 81.0 Å². The molecule has 6 heteroatoms. The number of anilines is 1. The van der Waals surface area contributed by atoms with Crippen molar-refractivity contribution in [2.45, 2.75) is 25.4 Å². The largest absolute Gasteiger partial charge is 0.381 e. The van der Waals surface area contributed by atoms with Gasteiger partial charge >= 0.3 is 11.1 Å². The number of nitrogens with one attached hydrogen (secondary N) is 3. The van der Waals surface area contributed by atoms with Crippen molar-refractivity contribution in [3.8, 4) is 0 Å². The Hall–Kier alpha value is -2.08. The van der Waals surface area contributed by atoms with Crippen LogP contribution in [-0.4, -0.2) is 40.5 Å². The first kappa shape index (κ1) is 12.9. The van der Waals surface area contributed by atoms with Gasteiger partial charge in [-0.25, -0.2) is 0 Å². The zero-order chi connectivity index (χ0) is 14.3. The summed E-state index contributed by atoms with van der Waals surface area (Å²) in [5, 5.41) is 3.47. The van der Waals surface area contributed by atoms with E-state index in [1.807, 2.05) is 12.1 Å². The van der Waals surface area contributed by atoms with E-state index in [4.69, 9.17) is 0 Å². The van der Waals surface area contributed by atoms with Crippen LogP contribution in [0.15, 0.2) is 27.8 Å². The van der Waals surface area contributed by atoms with Crippen molar-refractivity contribution in [2.75, 3.05) is 18.9 Å². The maximum atomic E-state index is 11.3. The molecule has 0 radical (unpaired) electrons. The Morgan fingerprint density at radius 3 is 2.55 bits per heavy atom. The number of aromatic amines is 2. The number of benzene rings is 1. The van der Waals surface area contributed by atoms with E-state index < -0.39 is 11.1 Å².